The van der Waals surface area contributed by atoms with Gasteiger partial charge in [-0.3, -0.25) is 0 Å². The molecule has 0 unspecified atom stereocenters. The van der Waals surface area contributed by atoms with Gasteiger partial charge in [0.2, 0.25) is 0 Å². The van der Waals surface area contributed by atoms with E-state index in [-0.39, 0.29) is 24.4 Å². The van der Waals surface area contributed by atoms with E-state index >= 15 is 0 Å². The van der Waals surface area contributed by atoms with Crippen LogP contribution in [0.15, 0.2) is 24.3 Å². The lowest BCUT2D eigenvalue weighted by Gasteiger charge is -2.32. The predicted octanol–water partition coefficient (Wildman–Crippen LogP) is 1.55. The molecule has 0 radical (unpaired) electrons. The number of nitrogens with zero attached hydrogens (tertiary/aromatic N) is 1. The van der Waals surface area contributed by atoms with Crippen molar-refractivity contribution in [2.45, 2.75) is 58.2 Å². The molecule has 2 fully saturated rings. The molecule has 2 aliphatic heterocycles. The monoisotopic (exact) mass is 331 g/mol. The third-order valence-electron chi connectivity index (χ3n) is 5.41. The summed E-state index contributed by atoms with van der Waals surface area (Å²) in [5.41, 5.74) is 0.334. The molecule has 0 spiro atoms. The van der Waals surface area contributed by atoms with Crippen molar-refractivity contribution in [3.63, 3.8) is 0 Å². The first-order chi connectivity index (χ1) is 11.2. The van der Waals surface area contributed by atoms with E-state index in [9.17, 15) is 5.02 Å². The Bertz CT molecular complexity index is 560. The Morgan fingerprint density at radius 2 is 1.75 bits per heavy atom. The van der Waals surface area contributed by atoms with Gasteiger partial charge < -0.3 is 23.9 Å². The fourth-order valence-electron chi connectivity index (χ4n) is 3.06. The molecule has 2 saturated heterocycles. The van der Waals surface area contributed by atoms with Crippen LogP contribution in [0.5, 0.6) is 5.75 Å². The van der Waals surface area contributed by atoms with Crippen LogP contribution in [-0.4, -0.2) is 54.4 Å². The largest absolute Gasteiger partial charge is 0.494 e. The molecule has 0 aliphatic carbocycles. The molecule has 0 saturated carbocycles. The summed E-state index contributed by atoms with van der Waals surface area (Å²) in [7, 11) is -0.759. The first-order valence-electron chi connectivity index (χ1n) is 8.72. The molecule has 130 valence electrons. The van der Waals surface area contributed by atoms with Gasteiger partial charge in [-0.15, -0.1) is 0 Å². The van der Waals surface area contributed by atoms with Crippen molar-refractivity contribution in [2.75, 3.05) is 13.1 Å². The molecule has 3 rings (SSSR count). The zero-order chi connectivity index (χ0) is 17.5. The third kappa shape index (κ3) is 3.49. The van der Waals surface area contributed by atoms with Crippen LogP contribution in [0.3, 0.4) is 0 Å². The van der Waals surface area contributed by atoms with Crippen LogP contribution in [0.25, 0.3) is 0 Å². The summed E-state index contributed by atoms with van der Waals surface area (Å²) in [6.45, 7) is 11.6. The highest BCUT2D eigenvalue weighted by molar-refractivity contribution is 6.62. The molecule has 5 nitrogen and oxygen atoms in total. The van der Waals surface area contributed by atoms with Crippen LogP contribution in [0, 0.1) is 0 Å². The molecule has 1 atom stereocenters. The third-order valence-corrected chi connectivity index (χ3v) is 5.41. The van der Waals surface area contributed by atoms with Crippen LogP contribution in [-0.2, 0) is 9.31 Å². The number of benzene rings is 1. The van der Waals surface area contributed by atoms with Crippen molar-refractivity contribution in [1.29, 1.82) is 0 Å². The summed E-state index contributed by atoms with van der Waals surface area (Å²) in [5.74, 6) is 0.840. The lowest BCUT2D eigenvalue weighted by atomic mass is 9.79. The van der Waals surface area contributed by atoms with Gasteiger partial charge in [0, 0.05) is 6.54 Å². The standard InChI is InChI=1S/C17H27B2NO4/c1-16(2)17(3,4)24-19(23-16)13-6-8-14(9-7-13)22-15-10-11-20(12-15)18(5)21/h6-9,15,21H,10-12H2,1-5H3/t15-/m0/s1. The topological polar surface area (TPSA) is 51.2 Å². The fourth-order valence-corrected chi connectivity index (χ4v) is 3.06. The zero-order valence-electron chi connectivity index (χ0n) is 15.3. The molecular weight excluding hydrogens is 304 g/mol. The van der Waals surface area contributed by atoms with E-state index in [4.69, 9.17) is 14.0 Å². The van der Waals surface area contributed by atoms with Gasteiger partial charge in [0.1, 0.15) is 11.9 Å². The summed E-state index contributed by atoms with van der Waals surface area (Å²) < 4.78 is 18.2. The Morgan fingerprint density at radius 3 is 2.25 bits per heavy atom. The van der Waals surface area contributed by atoms with Gasteiger partial charge in [-0.2, -0.15) is 0 Å². The van der Waals surface area contributed by atoms with Crippen molar-refractivity contribution in [3.05, 3.63) is 24.3 Å². The molecule has 1 aromatic rings. The molecule has 0 amide bonds. The smallest absolute Gasteiger partial charge is 0.489 e. The first kappa shape index (κ1) is 17.8. The van der Waals surface area contributed by atoms with Crippen molar-refractivity contribution in [2.24, 2.45) is 0 Å². The number of ether oxygens (including phenoxy) is 1. The SMILES string of the molecule is CB(O)N1CC[C@H](Oc2ccc(B3OC(C)(C)C(C)(C)O3)cc2)C1. The lowest BCUT2D eigenvalue weighted by molar-refractivity contribution is 0.00578. The van der Waals surface area contributed by atoms with Crippen molar-refractivity contribution in [1.82, 2.24) is 4.81 Å². The minimum absolute atomic E-state index is 0.127. The van der Waals surface area contributed by atoms with E-state index in [0.717, 1.165) is 30.7 Å². The molecule has 2 heterocycles. The predicted molar refractivity (Wildman–Crippen MR) is 96.6 cm³/mol. The van der Waals surface area contributed by atoms with Gasteiger partial charge in [0.15, 0.2) is 0 Å². The van der Waals surface area contributed by atoms with Gasteiger partial charge in [0.05, 0.1) is 11.2 Å². The summed E-state index contributed by atoms with van der Waals surface area (Å²) >= 11 is 0. The van der Waals surface area contributed by atoms with Crippen LogP contribution in [0.1, 0.15) is 34.1 Å². The second-order valence-electron chi connectivity index (χ2n) is 7.81. The number of rotatable bonds is 4. The summed E-state index contributed by atoms with van der Waals surface area (Å²) in [6, 6.07) is 7.93. The molecule has 24 heavy (non-hydrogen) atoms. The molecule has 0 aromatic heterocycles. The molecule has 1 aromatic carbocycles. The number of hydrogen-bond acceptors (Lipinski definition) is 5. The number of hydrogen-bond donors (Lipinski definition) is 1. The van der Waals surface area contributed by atoms with Gasteiger partial charge >= 0.3 is 14.2 Å². The van der Waals surface area contributed by atoms with Crippen LogP contribution in [0.2, 0.25) is 6.82 Å². The van der Waals surface area contributed by atoms with Crippen molar-refractivity contribution in [3.8, 4) is 5.75 Å². The fraction of sp³-hybridized carbons (Fsp3) is 0.647. The zero-order valence-corrected chi connectivity index (χ0v) is 15.3. The first-order valence-corrected chi connectivity index (χ1v) is 8.72. The average molecular weight is 331 g/mol. The Hall–Kier alpha value is -1.01. The molecule has 2 aliphatic rings. The van der Waals surface area contributed by atoms with E-state index < -0.39 is 7.05 Å². The van der Waals surface area contributed by atoms with E-state index in [1.165, 1.54) is 0 Å². The highest BCUT2D eigenvalue weighted by atomic mass is 16.7. The summed E-state index contributed by atoms with van der Waals surface area (Å²) in [5, 5.41) is 9.62. The maximum Gasteiger partial charge on any atom is 0.494 e. The van der Waals surface area contributed by atoms with Gasteiger partial charge in [-0.1, -0.05) is 12.1 Å². The summed E-state index contributed by atoms with van der Waals surface area (Å²) in [4.78, 5) is 2.02. The Labute approximate surface area is 145 Å². The van der Waals surface area contributed by atoms with E-state index in [1.807, 2.05) is 29.1 Å². The Morgan fingerprint density at radius 1 is 1.17 bits per heavy atom. The van der Waals surface area contributed by atoms with E-state index in [1.54, 1.807) is 6.82 Å². The Kier molecular flexibility index (Phi) is 4.73. The van der Waals surface area contributed by atoms with Crippen LogP contribution >= 0.6 is 0 Å². The van der Waals surface area contributed by atoms with E-state index in [2.05, 4.69) is 27.7 Å². The van der Waals surface area contributed by atoms with Crippen LogP contribution < -0.4 is 10.2 Å². The summed E-state index contributed by atoms with van der Waals surface area (Å²) in [6.07, 6.45) is 1.06. The second kappa shape index (κ2) is 6.37. The maximum atomic E-state index is 9.62. The van der Waals surface area contributed by atoms with Gasteiger partial charge in [-0.05, 0) is 65.1 Å². The van der Waals surface area contributed by atoms with E-state index in [0.29, 0.717) is 0 Å². The minimum atomic E-state index is -0.413. The highest BCUT2D eigenvalue weighted by Crippen LogP contribution is 2.36. The van der Waals surface area contributed by atoms with Crippen LogP contribution in [0.4, 0.5) is 0 Å². The lowest BCUT2D eigenvalue weighted by Crippen LogP contribution is -2.41. The van der Waals surface area contributed by atoms with Gasteiger partial charge in [-0.25, -0.2) is 0 Å². The average Bonchev–Trinajstić information content (AvgIpc) is 3.03. The molecule has 1 N–H and O–H groups in total. The maximum absolute atomic E-state index is 9.62. The van der Waals surface area contributed by atoms with Crippen molar-refractivity contribution >= 4 is 19.6 Å². The minimum Gasteiger partial charge on any atom is -0.489 e. The Balaban J connectivity index is 1.61. The molecule has 7 heteroatoms. The second-order valence-corrected chi connectivity index (χ2v) is 7.81. The quantitative estimate of drug-likeness (QED) is 0.849. The molecule has 0 bridgehead atoms. The highest BCUT2D eigenvalue weighted by Gasteiger charge is 2.51. The normalized spacial score (nSPS) is 25.9. The van der Waals surface area contributed by atoms with Crippen molar-refractivity contribution < 1.29 is 19.1 Å². The van der Waals surface area contributed by atoms with Gasteiger partial charge in [0.25, 0.3) is 0 Å². The molecular formula is C17H27B2NO4.